The number of benzene rings is 2. The molecule has 1 heterocycles. The van der Waals surface area contributed by atoms with Crippen LogP contribution in [0.3, 0.4) is 0 Å². The van der Waals surface area contributed by atoms with Crippen LogP contribution in [0.5, 0.6) is 11.5 Å². The maximum atomic E-state index is 12.4. The maximum Gasteiger partial charge on any atom is 0.343 e. The first-order chi connectivity index (χ1) is 16.7. The Hall–Kier alpha value is -3.14. The van der Waals surface area contributed by atoms with Crippen molar-refractivity contribution in [3.8, 4) is 22.8 Å². The minimum atomic E-state index is -0.372. The van der Waals surface area contributed by atoms with Crippen LogP contribution < -0.4 is 9.47 Å². The fourth-order valence-corrected chi connectivity index (χ4v) is 3.76. The summed E-state index contributed by atoms with van der Waals surface area (Å²) in [5.41, 5.74) is 3.60. The van der Waals surface area contributed by atoms with E-state index in [0.717, 1.165) is 49.3 Å². The molecular formula is C30H37NO3. The Morgan fingerprint density at radius 2 is 1.41 bits per heavy atom. The summed E-state index contributed by atoms with van der Waals surface area (Å²) in [7, 11) is 0. The summed E-state index contributed by atoms with van der Waals surface area (Å²) >= 11 is 0. The number of hydrogen-bond donors (Lipinski definition) is 0. The first-order valence-corrected chi connectivity index (χ1v) is 12.7. The Morgan fingerprint density at radius 3 is 2.09 bits per heavy atom. The van der Waals surface area contributed by atoms with Crippen molar-refractivity contribution in [2.45, 2.75) is 71.6 Å². The zero-order chi connectivity index (χ0) is 24.0. The maximum absolute atomic E-state index is 12.4. The molecule has 0 bridgehead atoms. The van der Waals surface area contributed by atoms with Crippen molar-refractivity contribution in [2.75, 3.05) is 6.61 Å². The molecule has 4 heteroatoms. The molecule has 0 aliphatic rings. The lowest BCUT2D eigenvalue weighted by atomic mass is 10.1. The molecule has 0 atom stereocenters. The molecule has 180 valence electrons. The van der Waals surface area contributed by atoms with E-state index in [0.29, 0.717) is 11.3 Å². The molecule has 0 radical (unpaired) electrons. The van der Waals surface area contributed by atoms with Gasteiger partial charge in [-0.1, -0.05) is 64.5 Å². The van der Waals surface area contributed by atoms with Crippen LogP contribution in [-0.2, 0) is 6.42 Å². The van der Waals surface area contributed by atoms with Gasteiger partial charge in [-0.15, -0.1) is 0 Å². The quantitative estimate of drug-likeness (QED) is 0.181. The predicted molar refractivity (Wildman–Crippen MR) is 139 cm³/mol. The normalized spacial score (nSPS) is 10.8. The number of carbonyl (C=O) groups excluding carboxylic acids is 1. The van der Waals surface area contributed by atoms with Crippen molar-refractivity contribution < 1.29 is 14.3 Å². The van der Waals surface area contributed by atoms with Gasteiger partial charge in [0.15, 0.2) is 0 Å². The lowest BCUT2D eigenvalue weighted by molar-refractivity contribution is 0.0734. The van der Waals surface area contributed by atoms with E-state index in [1.807, 2.05) is 54.6 Å². The minimum absolute atomic E-state index is 0.372. The van der Waals surface area contributed by atoms with Crippen LogP contribution in [0.15, 0.2) is 66.9 Å². The summed E-state index contributed by atoms with van der Waals surface area (Å²) in [5.74, 6) is 0.940. The molecule has 3 rings (SSSR count). The molecule has 2 aromatic carbocycles. The van der Waals surface area contributed by atoms with Crippen LogP contribution in [0.1, 0.15) is 81.1 Å². The van der Waals surface area contributed by atoms with Crippen LogP contribution in [-0.4, -0.2) is 17.6 Å². The Morgan fingerprint density at radius 1 is 0.735 bits per heavy atom. The second kappa shape index (κ2) is 14.2. The number of aromatic nitrogens is 1. The van der Waals surface area contributed by atoms with Gasteiger partial charge in [-0.25, -0.2) is 4.79 Å². The van der Waals surface area contributed by atoms with E-state index in [9.17, 15) is 4.79 Å². The van der Waals surface area contributed by atoms with Crippen molar-refractivity contribution >= 4 is 5.97 Å². The van der Waals surface area contributed by atoms with E-state index in [1.54, 1.807) is 12.3 Å². The number of nitrogens with zero attached hydrogens (tertiary/aromatic N) is 1. The number of unbranched alkanes of at least 4 members (excludes halogenated alkanes) is 6. The number of carbonyl (C=O) groups is 1. The Labute approximate surface area is 204 Å². The van der Waals surface area contributed by atoms with E-state index in [1.165, 1.54) is 37.7 Å². The molecular weight excluding hydrogens is 422 g/mol. The molecule has 0 unspecified atom stereocenters. The number of rotatable bonds is 14. The Bertz CT molecular complexity index is 979. The van der Waals surface area contributed by atoms with Crippen molar-refractivity contribution in [3.05, 3.63) is 78.0 Å². The summed E-state index contributed by atoms with van der Waals surface area (Å²) in [6.07, 6.45) is 12.5. The van der Waals surface area contributed by atoms with Crippen LogP contribution >= 0.6 is 0 Å². The highest BCUT2D eigenvalue weighted by Gasteiger charge is 2.09. The lowest BCUT2D eigenvalue weighted by Gasteiger charge is -2.08. The van der Waals surface area contributed by atoms with Gasteiger partial charge < -0.3 is 9.47 Å². The fraction of sp³-hybridized carbons (Fsp3) is 0.400. The molecule has 0 fully saturated rings. The van der Waals surface area contributed by atoms with Gasteiger partial charge in [0.1, 0.15) is 11.5 Å². The molecule has 0 N–H and O–H groups in total. The number of hydrogen-bond acceptors (Lipinski definition) is 4. The SMILES string of the molecule is CCCCCCCCOc1ccc(-c2ccc(OC(=O)c3ccc(CCCC)cc3)cn2)cc1. The van der Waals surface area contributed by atoms with Gasteiger partial charge >= 0.3 is 5.97 Å². The summed E-state index contributed by atoms with van der Waals surface area (Å²) < 4.78 is 11.4. The number of esters is 1. The molecule has 0 saturated carbocycles. The van der Waals surface area contributed by atoms with Gasteiger partial charge in [-0.3, -0.25) is 4.98 Å². The molecule has 0 amide bonds. The van der Waals surface area contributed by atoms with Crippen LogP contribution in [0.25, 0.3) is 11.3 Å². The van der Waals surface area contributed by atoms with Crippen molar-refractivity contribution in [3.63, 3.8) is 0 Å². The van der Waals surface area contributed by atoms with Gasteiger partial charge in [0, 0.05) is 5.56 Å². The van der Waals surface area contributed by atoms with E-state index >= 15 is 0 Å². The topological polar surface area (TPSA) is 48.4 Å². The molecule has 1 aromatic heterocycles. The highest BCUT2D eigenvalue weighted by molar-refractivity contribution is 5.91. The number of ether oxygens (including phenoxy) is 2. The first kappa shape index (κ1) is 25.5. The van der Waals surface area contributed by atoms with Gasteiger partial charge in [0.25, 0.3) is 0 Å². The van der Waals surface area contributed by atoms with E-state index in [-0.39, 0.29) is 5.97 Å². The summed E-state index contributed by atoms with van der Waals surface area (Å²) in [4.78, 5) is 16.9. The van der Waals surface area contributed by atoms with E-state index < -0.39 is 0 Å². The molecule has 0 aliphatic heterocycles. The van der Waals surface area contributed by atoms with Crippen LogP contribution in [0, 0.1) is 0 Å². The Kier molecular flexibility index (Phi) is 10.6. The van der Waals surface area contributed by atoms with Crippen LogP contribution in [0.2, 0.25) is 0 Å². The zero-order valence-electron chi connectivity index (χ0n) is 20.6. The first-order valence-electron chi connectivity index (χ1n) is 12.7. The zero-order valence-corrected chi connectivity index (χ0v) is 20.6. The monoisotopic (exact) mass is 459 g/mol. The highest BCUT2D eigenvalue weighted by Crippen LogP contribution is 2.23. The second-order valence-corrected chi connectivity index (χ2v) is 8.71. The van der Waals surface area contributed by atoms with Crippen molar-refractivity contribution in [1.82, 2.24) is 4.98 Å². The average molecular weight is 460 g/mol. The van der Waals surface area contributed by atoms with Gasteiger partial charge in [0.05, 0.1) is 24.1 Å². The number of pyridine rings is 1. The number of aryl methyl sites for hydroxylation is 1. The lowest BCUT2D eigenvalue weighted by Crippen LogP contribution is -2.08. The largest absolute Gasteiger partial charge is 0.494 e. The fourth-order valence-electron chi connectivity index (χ4n) is 3.76. The average Bonchev–Trinajstić information content (AvgIpc) is 2.88. The molecule has 3 aromatic rings. The Balaban J connectivity index is 1.46. The van der Waals surface area contributed by atoms with Crippen molar-refractivity contribution in [1.29, 1.82) is 0 Å². The van der Waals surface area contributed by atoms with Gasteiger partial charge in [-0.05, 0) is 73.4 Å². The predicted octanol–water partition coefficient (Wildman–Crippen LogP) is 8.05. The highest BCUT2D eigenvalue weighted by atomic mass is 16.5. The molecule has 0 spiro atoms. The van der Waals surface area contributed by atoms with Gasteiger partial charge in [0.2, 0.25) is 0 Å². The standard InChI is InChI=1S/C30H37NO3/c1-3-5-7-8-9-10-22-33-27-18-16-25(17-19-27)29-21-20-28(23-31-29)34-30(32)26-14-12-24(13-15-26)11-6-4-2/h12-21,23H,3-11,22H2,1-2H3. The molecule has 0 saturated heterocycles. The third-order valence-corrected chi connectivity index (χ3v) is 5.87. The van der Waals surface area contributed by atoms with Gasteiger partial charge in [-0.2, -0.15) is 0 Å². The summed E-state index contributed by atoms with van der Waals surface area (Å²) in [5, 5.41) is 0. The smallest absolute Gasteiger partial charge is 0.343 e. The second-order valence-electron chi connectivity index (χ2n) is 8.71. The third-order valence-electron chi connectivity index (χ3n) is 5.87. The molecule has 4 nitrogen and oxygen atoms in total. The minimum Gasteiger partial charge on any atom is -0.494 e. The molecule has 0 aliphatic carbocycles. The van der Waals surface area contributed by atoms with Crippen LogP contribution in [0.4, 0.5) is 0 Å². The summed E-state index contributed by atoms with van der Waals surface area (Å²) in [6.45, 7) is 5.16. The summed E-state index contributed by atoms with van der Waals surface area (Å²) in [6, 6.07) is 19.2. The third kappa shape index (κ3) is 8.33. The van der Waals surface area contributed by atoms with E-state index in [4.69, 9.17) is 9.47 Å². The van der Waals surface area contributed by atoms with Crippen molar-refractivity contribution in [2.24, 2.45) is 0 Å². The van der Waals surface area contributed by atoms with E-state index in [2.05, 4.69) is 18.8 Å². The molecule has 34 heavy (non-hydrogen) atoms.